The van der Waals surface area contributed by atoms with Gasteiger partial charge in [-0.3, -0.25) is 4.79 Å². The second-order valence-corrected chi connectivity index (χ2v) is 5.50. The molecule has 102 valence electrons. The number of Topliss-reactive ketones (excluding diaryl/α,β-unsaturated/α-hetero) is 1. The van der Waals surface area contributed by atoms with Crippen molar-refractivity contribution in [1.29, 1.82) is 0 Å². The zero-order chi connectivity index (χ0) is 13.4. The number of nitrogens with zero attached hydrogens (tertiary/aromatic N) is 4. The number of piperazine rings is 1. The summed E-state index contributed by atoms with van der Waals surface area (Å²) in [5.41, 5.74) is 2.59. The van der Waals surface area contributed by atoms with Crippen molar-refractivity contribution in [3.05, 3.63) is 17.0 Å². The predicted octanol–water partition coefficient (Wildman–Crippen LogP) is 1.06. The smallest absolute Gasteiger partial charge is 0.225 e. The molecule has 19 heavy (non-hydrogen) atoms. The molecule has 0 spiro atoms. The highest BCUT2D eigenvalue weighted by Gasteiger charge is 2.24. The molecule has 0 radical (unpaired) electrons. The number of anilines is 1. The molecule has 0 amide bonds. The van der Waals surface area contributed by atoms with E-state index in [1.54, 1.807) is 0 Å². The van der Waals surface area contributed by atoms with Gasteiger partial charge in [-0.25, -0.2) is 9.97 Å². The van der Waals surface area contributed by atoms with E-state index in [1.807, 2.05) is 6.92 Å². The molecule has 2 heterocycles. The molecule has 2 aliphatic rings. The molecule has 5 heteroatoms. The number of carbonyl (C=O) groups is 1. The number of aryl methyl sites for hydroxylation is 2. The van der Waals surface area contributed by atoms with Gasteiger partial charge in [0.2, 0.25) is 5.95 Å². The van der Waals surface area contributed by atoms with Crippen molar-refractivity contribution in [1.82, 2.24) is 14.9 Å². The van der Waals surface area contributed by atoms with E-state index in [9.17, 15) is 4.79 Å². The maximum absolute atomic E-state index is 11.9. The molecule has 0 aromatic carbocycles. The second-order valence-electron chi connectivity index (χ2n) is 5.50. The first kappa shape index (κ1) is 12.5. The molecule has 0 saturated carbocycles. The van der Waals surface area contributed by atoms with Gasteiger partial charge in [0.1, 0.15) is 0 Å². The molecule has 0 unspecified atom stereocenters. The van der Waals surface area contributed by atoms with Crippen LogP contribution in [0, 0.1) is 6.92 Å². The van der Waals surface area contributed by atoms with Crippen LogP contribution in [0.4, 0.5) is 5.95 Å². The fraction of sp³-hybridized carbons (Fsp3) is 0.643. The van der Waals surface area contributed by atoms with Gasteiger partial charge in [-0.15, -0.1) is 0 Å². The van der Waals surface area contributed by atoms with E-state index in [0.717, 1.165) is 61.9 Å². The third-order valence-corrected chi connectivity index (χ3v) is 4.04. The zero-order valence-electron chi connectivity index (χ0n) is 11.6. The Bertz CT molecular complexity index is 506. The van der Waals surface area contributed by atoms with Crippen LogP contribution in [-0.2, 0) is 6.42 Å². The van der Waals surface area contributed by atoms with Crippen molar-refractivity contribution >= 4 is 11.7 Å². The molecule has 1 fully saturated rings. The van der Waals surface area contributed by atoms with Gasteiger partial charge in [0.25, 0.3) is 0 Å². The fourth-order valence-corrected chi connectivity index (χ4v) is 2.85. The van der Waals surface area contributed by atoms with E-state index >= 15 is 0 Å². The maximum Gasteiger partial charge on any atom is 0.225 e. The summed E-state index contributed by atoms with van der Waals surface area (Å²) in [6, 6.07) is 0. The van der Waals surface area contributed by atoms with Crippen molar-refractivity contribution in [2.75, 3.05) is 38.1 Å². The maximum atomic E-state index is 11.9. The van der Waals surface area contributed by atoms with E-state index in [0.29, 0.717) is 6.42 Å². The molecular weight excluding hydrogens is 240 g/mol. The Balaban J connectivity index is 1.91. The highest BCUT2D eigenvalue weighted by Crippen LogP contribution is 2.24. The van der Waals surface area contributed by atoms with Crippen LogP contribution in [-0.4, -0.2) is 53.9 Å². The van der Waals surface area contributed by atoms with Crippen molar-refractivity contribution in [2.24, 2.45) is 0 Å². The van der Waals surface area contributed by atoms with E-state index in [1.165, 1.54) is 0 Å². The SMILES string of the molecule is Cc1nc(N2CCN(C)CC2)nc2c1C(=O)CCC2. The number of hydrogen-bond donors (Lipinski definition) is 0. The average Bonchev–Trinajstić information content (AvgIpc) is 2.39. The van der Waals surface area contributed by atoms with E-state index in [-0.39, 0.29) is 5.78 Å². The molecule has 1 aromatic heterocycles. The highest BCUT2D eigenvalue weighted by molar-refractivity contribution is 5.99. The summed E-state index contributed by atoms with van der Waals surface area (Å²) in [6.45, 7) is 5.94. The van der Waals surface area contributed by atoms with Crippen LogP contribution in [0.3, 0.4) is 0 Å². The third kappa shape index (κ3) is 2.34. The number of aromatic nitrogens is 2. The predicted molar refractivity (Wildman–Crippen MR) is 73.7 cm³/mol. The number of fused-ring (bicyclic) bond motifs is 1. The van der Waals surface area contributed by atoms with Gasteiger partial charge in [-0.2, -0.15) is 0 Å². The van der Waals surface area contributed by atoms with Crippen LogP contribution < -0.4 is 4.90 Å². The highest BCUT2D eigenvalue weighted by atomic mass is 16.1. The Labute approximate surface area is 113 Å². The monoisotopic (exact) mass is 260 g/mol. The van der Waals surface area contributed by atoms with Gasteiger partial charge >= 0.3 is 0 Å². The quantitative estimate of drug-likeness (QED) is 0.755. The first-order valence-corrected chi connectivity index (χ1v) is 6.99. The number of likely N-dealkylation sites (N-methyl/N-ethyl adjacent to an activating group) is 1. The lowest BCUT2D eigenvalue weighted by molar-refractivity contribution is 0.0970. The van der Waals surface area contributed by atoms with Crippen molar-refractivity contribution in [3.8, 4) is 0 Å². The van der Waals surface area contributed by atoms with Crippen LogP contribution in [0.15, 0.2) is 0 Å². The third-order valence-electron chi connectivity index (χ3n) is 4.04. The molecule has 5 nitrogen and oxygen atoms in total. The lowest BCUT2D eigenvalue weighted by Crippen LogP contribution is -2.45. The molecular formula is C14H20N4O. The summed E-state index contributed by atoms with van der Waals surface area (Å²) in [5.74, 6) is 1.02. The van der Waals surface area contributed by atoms with E-state index in [4.69, 9.17) is 0 Å². The standard InChI is InChI=1S/C14H20N4O/c1-10-13-11(4-3-5-12(13)19)16-14(15-10)18-8-6-17(2)7-9-18/h3-9H2,1-2H3. The summed E-state index contributed by atoms with van der Waals surface area (Å²) in [6.07, 6.45) is 2.47. The first-order chi connectivity index (χ1) is 9.15. The molecule has 1 aliphatic carbocycles. The van der Waals surface area contributed by atoms with Crippen molar-refractivity contribution < 1.29 is 4.79 Å². The fourth-order valence-electron chi connectivity index (χ4n) is 2.85. The lowest BCUT2D eigenvalue weighted by Gasteiger charge is -2.33. The summed E-state index contributed by atoms with van der Waals surface area (Å²) in [5, 5.41) is 0. The zero-order valence-corrected chi connectivity index (χ0v) is 11.6. The topological polar surface area (TPSA) is 49.3 Å². The average molecular weight is 260 g/mol. The Morgan fingerprint density at radius 3 is 2.53 bits per heavy atom. The Morgan fingerprint density at radius 1 is 1.05 bits per heavy atom. The second kappa shape index (κ2) is 4.89. The summed E-state index contributed by atoms with van der Waals surface area (Å²) in [4.78, 5) is 25.7. The Hall–Kier alpha value is -1.49. The van der Waals surface area contributed by atoms with Crippen LogP contribution in [0.1, 0.15) is 34.6 Å². The first-order valence-electron chi connectivity index (χ1n) is 6.99. The van der Waals surface area contributed by atoms with Gasteiger partial charge in [0.05, 0.1) is 17.0 Å². The van der Waals surface area contributed by atoms with Gasteiger partial charge in [-0.05, 0) is 26.8 Å². The lowest BCUT2D eigenvalue weighted by atomic mass is 9.94. The van der Waals surface area contributed by atoms with E-state index < -0.39 is 0 Å². The number of ketones is 1. The minimum absolute atomic E-state index is 0.212. The largest absolute Gasteiger partial charge is 0.338 e. The normalized spacial score (nSPS) is 20.5. The molecule has 0 bridgehead atoms. The van der Waals surface area contributed by atoms with Crippen molar-refractivity contribution in [2.45, 2.75) is 26.2 Å². The van der Waals surface area contributed by atoms with E-state index in [2.05, 4.69) is 26.8 Å². The minimum atomic E-state index is 0.212. The van der Waals surface area contributed by atoms with Crippen LogP contribution in [0.25, 0.3) is 0 Å². The number of hydrogen-bond acceptors (Lipinski definition) is 5. The van der Waals surface area contributed by atoms with Crippen molar-refractivity contribution in [3.63, 3.8) is 0 Å². The minimum Gasteiger partial charge on any atom is -0.338 e. The van der Waals surface area contributed by atoms with Crippen LogP contribution in [0.2, 0.25) is 0 Å². The number of rotatable bonds is 1. The molecule has 0 N–H and O–H groups in total. The van der Waals surface area contributed by atoms with Gasteiger partial charge in [0, 0.05) is 32.6 Å². The molecule has 1 aliphatic heterocycles. The van der Waals surface area contributed by atoms with Crippen LogP contribution in [0.5, 0.6) is 0 Å². The van der Waals surface area contributed by atoms with Gasteiger partial charge < -0.3 is 9.80 Å². The van der Waals surface area contributed by atoms with Gasteiger partial charge in [-0.1, -0.05) is 0 Å². The summed E-state index contributed by atoms with van der Waals surface area (Å²) >= 11 is 0. The Kier molecular flexibility index (Phi) is 3.22. The summed E-state index contributed by atoms with van der Waals surface area (Å²) < 4.78 is 0. The molecule has 1 aromatic rings. The molecule has 1 saturated heterocycles. The van der Waals surface area contributed by atoms with Crippen LogP contribution >= 0.6 is 0 Å². The summed E-state index contributed by atoms with van der Waals surface area (Å²) in [7, 11) is 2.13. The molecule has 3 rings (SSSR count). The van der Waals surface area contributed by atoms with Gasteiger partial charge in [0.15, 0.2) is 5.78 Å². The molecule has 0 atom stereocenters. The Morgan fingerprint density at radius 2 is 1.79 bits per heavy atom. The number of carbonyl (C=O) groups excluding carboxylic acids is 1.